The Balaban J connectivity index is 3.89. The molecule has 0 aliphatic carbocycles. The second kappa shape index (κ2) is 7.63. The highest BCUT2D eigenvalue weighted by Crippen LogP contribution is 2.02. The zero-order valence-corrected chi connectivity index (χ0v) is 11.6. The summed E-state index contributed by atoms with van der Waals surface area (Å²) in [5.74, 6) is 0.761. The first kappa shape index (κ1) is 15.4. The van der Waals surface area contributed by atoms with Gasteiger partial charge in [0, 0.05) is 39.6 Å². The van der Waals surface area contributed by atoms with Gasteiger partial charge in [-0.2, -0.15) is 0 Å². The largest absolute Gasteiger partial charge is 0.349 e. The molecule has 0 aromatic carbocycles. The highest BCUT2D eigenvalue weighted by atomic mass is 16.2. The Kier molecular flexibility index (Phi) is 7.34. The summed E-state index contributed by atoms with van der Waals surface area (Å²) in [6.45, 7) is 6.17. The number of hydrogen-bond acceptors (Lipinski definition) is 3. The van der Waals surface area contributed by atoms with E-state index in [0.29, 0.717) is 18.4 Å². The fourth-order valence-electron chi connectivity index (χ4n) is 1.49. The van der Waals surface area contributed by atoms with Gasteiger partial charge in [-0.05, 0) is 20.0 Å². The van der Waals surface area contributed by atoms with Crippen molar-refractivity contribution in [3.8, 4) is 0 Å². The monoisotopic (exact) mass is 229 g/mol. The normalized spacial score (nSPS) is 13.2. The highest BCUT2D eigenvalue weighted by molar-refractivity contribution is 5.75. The standard InChI is InChI=1S/C12H27N3O/c1-10(2)11(9-14(3)4)13-8-7-12(16)15(5)6/h10-11,13H,7-9H2,1-6H3. The lowest BCUT2D eigenvalue weighted by Gasteiger charge is -2.25. The summed E-state index contributed by atoms with van der Waals surface area (Å²) >= 11 is 0. The molecule has 0 aliphatic heterocycles. The van der Waals surface area contributed by atoms with Gasteiger partial charge in [0.1, 0.15) is 0 Å². The molecule has 1 unspecified atom stereocenters. The van der Waals surface area contributed by atoms with Crippen molar-refractivity contribution >= 4 is 5.91 Å². The van der Waals surface area contributed by atoms with E-state index in [0.717, 1.165) is 13.1 Å². The van der Waals surface area contributed by atoms with Crippen LogP contribution in [0.3, 0.4) is 0 Å². The minimum atomic E-state index is 0.180. The summed E-state index contributed by atoms with van der Waals surface area (Å²) in [5.41, 5.74) is 0. The summed E-state index contributed by atoms with van der Waals surface area (Å²) in [7, 11) is 7.73. The van der Waals surface area contributed by atoms with Gasteiger partial charge >= 0.3 is 0 Å². The van der Waals surface area contributed by atoms with Gasteiger partial charge in [0.15, 0.2) is 0 Å². The lowest BCUT2D eigenvalue weighted by Crippen LogP contribution is -2.43. The summed E-state index contributed by atoms with van der Waals surface area (Å²) in [5, 5.41) is 3.45. The second-order valence-corrected chi connectivity index (χ2v) is 5.11. The number of nitrogens with one attached hydrogen (secondary N) is 1. The van der Waals surface area contributed by atoms with Crippen molar-refractivity contribution in [2.45, 2.75) is 26.3 Å². The number of rotatable bonds is 7. The van der Waals surface area contributed by atoms with E-state index in [1.807, 2.05) is 0 Å². The first-order valence-electron chi connectivity index (χ1n) is 5.92. The van der Waals surface area contributed by atoms with Crippen LogP contribution in [0.4, 0.5) is 0 Å². The lowest BCUT2D eigenvalue weighted by molar-refractivity contribution is -0.128. The molecule has 0 spiro atoms. The number of hydrogen-bond donors (Lipinski definition) is 1. The van der Waals surface area contributed by atoms with Gasteiger partial charge < -0.3 is 15.1 Å². The summed E-state index contributed by atoms with van der Waals surface area (Å²) in [4.78, 5) is 15.2. The van der Waals surface area contributed by atoms with Gasteiger partial charge in [0.05, 0.1) is 0 Å². The molecule has 0 radical (unpaired) electrons. The van der Waals surface area contributed by atoms with Crippen LogP contribution in [0.1, 0.15) is 20.3 Å². The Hall–Kier alpha value is -0.610. The van der Waals surface area contributed by atoms with Crippen LogP contribution in [-0.2, 0) is 4.79 Å². The van der Waals surface area contributed by atoms with Crippen molar-refractivity contribution in [3.63, 3.8) is 0 Å². The Morgan fingerprint density at radius 2 is 1.75 bits per heavy atom. The molecule has 96 valence electrons. The molecule has 4 heteroatoms. The molecule has 1 N–H and O–H groups in total. The van der Waals surface area contributed by atoms with E-state index in [1.165, 1.54) is 0 Å². The van der Waals surface area contributed by atoms with Crippen LogP contribution >= 0.6 is 0 Å². The average molecular weight is 229 g/mol. The minimum absolute atomic E-state index is 0.180. The smallest absolute Gasteiger partial charge is 0.223 e. The molecule has 16 heavy (non-hydrogen) atoms. The number of likely N-dealkylation sites (N-methyl/N-ethyl adjacent to an activating group) is 1. The Bertz CT molecular complexity index is 202. The van der Waals surface area contributed by atoms with Crippen LogP contribution in [0.25, 0.3) is 0 Å². The fraction of sp³-hybridized carbons (Fsp3) is 0.917. The Morgan fingerprint density at radius 1 is 1.19 bits per heavy atom. The third-order valence-corrected chi connectivity index (χ3v) is 2.61. The van der Waals surface area contributed by atoms with Gasteiger partial charge in [-0.25, -0.2) is 0 Å². The van der Waals surface area contributed by atoms with Crippen molar-refractivity contribution in [2.24, 2.45) is 5.92 Å². The molecule has 0 aromatic rings. The summed E-state index contributed by atoms with van der Waals surface area (Å²) < 4.78 is 0. The van der Waals surface area contributed by atoms with Crippen LogP contribution in [0, 0.1) is 5.92 Å². The third-order valence-electron chi connectivity index (χ3n) is 2.61. The first-order chi connectivity index (χ1) is 7.34. The van der Waals surface area contributed by atoms with E-state index in [2.05, 4.69) is 38.2 Å². The first-order valence-corrected chi connectivity index (χ1v) is 5.92. The Morgan fingerprint density at radius 3 is 2.12 bits per heavy atom. The molecule has 0 aromatic heterocycles. The SMILES string of the molecule is CC(C)C(CN(C)C)NCCC(=O)N(C)C. The van der Waals surface area contributed by atoms with Gasteiger partial charge in [-0.15, -0.1) is 0 Å². The van der Waals surface area contributed by atoms with Crippen LogP contribution in [0.15, 0.2) is 0 Å². The van der Waals surface area contributed by atoms with Gasteiger partial charge in [-0.1, -0.05) is 13.8 Å². The predicted molar refractivity (Wildman–Crippen MR) is 68.5 cm³/mol. The van der Waals surface area contributed by atoms with Crippen LogP contribution in [0.2, 0.25) is 0 Å². The van der Waals surface area contributed by atoms with Gasteiger partial charge in [0.25, 0.3) is 0 Å². The number of nitrogens with zero attached hydrogens (tertiary/aromatic N) is 2. The zero-order valence-electron chi connectivity index (χ0n) is 11.6. The topological polar surface area (TPSA) is 35.6 Å². The van der Waals surface area contributed by atoms with E-state index >= 15 is 0 Å². The van der Waals surface area contributed by atoms with Crippen molar-refractivity contribution in [1.82, 2.24) is 15.1 Å². The molecular formula is C12H27N3O. The molecule has 1 atom stereocenters. The van der Waals surface area contributed by atoms with Crippen LogP contribution in [0.5, 0.6) is 0 Å². The maximum Gasteiger partial charge on any atom is 0.223 e. The maximum absolute atomic E-state index is 11.4. The molecule has 0 fully saturated rings. The van der Waals surface area contributed by atoms with E-state index in [9.17, 15) is 4.79 Å². The molecule has 0 heterocycles. The number of carbonyl (C=O) groups is 1. The lowest BCUT2D eigenvalue weighted by atomic mass is 10.0. The maximum atomic E-state index is 11.4. The predicted octanol–water partition coefficient (Wildman–Crippen LogP) is 0.641. The zero-order chi connectivity index (χ0) is 12.7. The Labute approximate surface area is 100.0 Å². The fourth-order valence-corrected chi connectivity index (χ4v) is 1.49. The molecule has 0 aliphatic rings. The van der Waals surface area contributed by atoms with Crippen LogP contribution in [-0.4, -0.2) is 63.0 Å². The van der Waals surface area contributed by atoms with Gasteiger partial charge in [0.2, 0.25) is 5.91 Å². The highest BCUT2D eigenvalue weighted by Gasteiger charge is 2.14. The summed E-state index contributed by atoms with van der Waals surface area (Å²) in [6.07, 6.45) is 0.573. The van der Waals surface area contributed by atoms with Crippen molar-refractivity contribution < 1.29 is 4.79 Å². The number of carbonyl (C=O) groups excluding carboxylic acids is 1. The molecule has 0 rings (SSSR count). The van der Waals surface area contributed by atoms with E-state index < -0.39 is 0 Å². The molecule has 0 saturated carbocycles. The summed E-state index contributed by atoms with van der Waals surface area (Å²) in [6, 6.07) is 0.449. The molecule has 1 amide bonds. The van der Waals surface area contributed by atoms with Crippen molar-refractivity contribution in [3.05, 3.63) is 0 Å². The van der Waals surface area contributed by atoms with Crippen LogP contribution < -0.4 is 5.32 Å². The van der Waals surface area contributed by atoms with Gasteiger partial charge in [-0.3, -0.25) is 4.79 Å². The van der Waals surface area contributed by atoms with Crippen molar-refractivity contribution in [1.29, 1.82) is 0 Å². The number of amides is 1. The quantitative estimate of drug-likeness (QED) is 0.696. The third kappa shape index (κ3) is 6.80. The average Bonchev–Trinajstić information content (AvgIpc) is 2.14. The molecule has 4 nitrogen and oxygen atoms in total. The molecule has 0 saturated heterocycles. The second-order valence-electron chi connectivity index (χ2n) is 5.11. The van der Waals surface area contributed by atoms with E-state index in [-0.39, 0.29) is 5.91 Å². The van der Waals surface area contributed by atoms with Crippen molar-refractivity contribution in [2.75, 3.05) is 41.3 Å². The van der Waals surface area contributed by atoms with E-state index in [4.69, 9.17) is 0 Å². The minimum Gasteiger partial charge on any atom is -0.349 e. The molecular weight excluding hydrogens is 202 g/mol. The van der Waals surface area contributed by atoms with E-state index in [1.54, 1.807) is 19.0 Å². The molecule has 0 bridgehead atoms.